The molecule has 2 aromatic carbocycles. The second kappa shape index (κ2) is 42.6. The maximum atomic E-state index is 15.0. The molecule has 6 aromatic rings. The molecule has 0 fully saturated rings. The highest BCUT2D eigenvalue weighted by molar-refractivity contribution is 7.81. The number of allylic oxidation sites excluding steroid dienone is 2. The highest BCUT2D eigenvalue weighted by Gasteiger charge is 2.41. The number of carbonyl (C=O) groups excluding carboxylic acids is 1. The molecule has 3 nitrogen and oxygen atoms in total. The zero-order chi connectivity index (χ0) is 68.8. The summed E-state index contributed by atoms with van der Waals surface area (Å²) in [5.74, 6) is 62.8. The molecule has 0 saturated heterocycles. The van der Waals surface area contributed by atoms with Crippen LogP contribution in [-0.4, -0.2) is 10.6 Å². The van der Waals surface area contributed by atoms with Crippen LogP contribution in [0.5, 0.6) is 0 Å². The molecular weight excluding hydrogens is 1290 g/mol. The Morgan fingerprint density at radius 1 is 0.367 bits per heavy atom. The van der Waals surface area contributed by atoms with Gasteiger partial charge >= 0.3 is 0 Å². The standard InChI is InChI=1S/C90H84N2OS5/c1-7-11-15-19-23-27-31-35-37-39-41-45-49-53-57-61-74-72(6)95-87-85(74)97-90-88-86(98-89(87)90)77(62-58-54-50-46-42-40-38-36-32-28-24-20-16-12-8-2)84(96-88)73-64-66-76-79(70-73)92(68-60-56-52-48-44-34-30-26-22-18-14-10-4)81(83(76)94)80-82(93)75-65-63-71(5)69-78(75)91(80)67-59-55-51-47-43-33-29-25-21-17-13-9-3/h3-4,63-66,69-70H,7-8,11-12,15-16,19-20,23-24,27-28,31-32,35-42,45-46,49-50,53-54,57-58,61-62H2,1-2,5-6H3/b81-80+. The van der Waals surface area contributed by atoms with Crippen LogP contribution in [0.1, 0.15) is 244 Å². The minimum Gasteiger partial charge on any atom is -0.287 e. The summed E-state index contributed by atoms with van der Waals surface area (Å²) in [5, 5.41) is 0. The van der Waals surface area contributed by atoms with Crippen molar-refractivity contribution in [1.82, 2.24) is 0 Å². The molecule has 0 N–H and O–H groups in total. The lowest BCUT2D eigenvalue weighted by Gasteiger charge is -2.19. The van der Waals surface area contributed by atoms with Crippen molar-refractivity contribution in [3.05, 3.63) is 80.5 Å². The van der Waals surface area contributed by atoms with Gasteiger partial charge < -0.3 is 0 Å². The maximum absolute atomic E-state index is 15.0. The highest BCUT2D eigenvalue weighted by Crippen LogP contribution is 2.55. The normalized spacial score (nSPS) is 11.9. The van der Waals surface area contributed by atoms with Crippen LogP contribution in [0.3, 0.4) is 0 Å². The number of fused-ring (bicyclic) bond motifs is 7. The van der Waals surface area contributed by atoms with Crippen molar-refractivity contribution >= 4 is 108 Å². The number of benzene rings is 2. The fourth-order valence-corrected chi connectivity index (χ4v) is 19.0. The molecule has 0 radical (unpaired) electrons. The van der Waals surface area contributed by atoms with Crippen LogP contribution in [0.2, 0.25) is 0 Å². The van der Waals surface area contributed by atoms with Gasteiger partial charge in [-0.1, -0.05) is 224 Å². The summed E-state index contributed by atoms with van der Waals surface area (Å²) in [4.78, 5) is 21.7. The largest absolute Gasteiger partial charge is 0.287 e. The molecule has 2 aliphatic heterocycles. The number of thiophene rings is 4. The van der Waals surface area contributed by atoms with E-state index in [2.05, 4.69) is 193 Å². The Morgan fingerprint density at radius 2 is 0.714 bits per heavy atom. The quantitative estimate of drug-likeness (QED) is 0.0177. The van der Waals surface area contributed by atoms with E-state index in [0.717, 1.165) is 41.6 Å². The Hall–Kier alpha value is -9.04. The number of unbranched alkanes of at least 4 members (excludes halogenated alkanes) is 28. The van der Waals surface area contributed by atoms with E-state index in [1.165, 1.54) is 230 Å². The predicted octanol–water partition coefficient (Wildman–Crippen LogP) is 22.2. The molecule has 6 heterocycles. The average Bonchev–Trinajstić information content (AvgIpc) is 1.56. The molecule has 0 atom stereocenters. The van der Waals surface area contributed by atoms with Gasteiger partial charge in [0, 0.05) is 104 Å². The average molecular weight is 1370 g/mol. The van der Waals surface area contributed by atoms with Crippen LogP contribution < -0.4 is 9.80 Å². The third-order valence-electron chi connectivity index (χ3n) is 17.4. The second-order valence-electron chi connectivity index (χ2n) is 24.7. The van der Waals surface area contributed by atoms with Crippen molar-refractivity contribution in [3.63, 3.8) is 0 Å². The summed E-state index contributed by atoms with van der Waals surface area (Å²) >= 11 is 14.4. The Bertz CT molecular complexity index is 4820. The lowest BCUT2D eigenvalue weighted by Crippen LogP contribution is -2.25. The molecule has 2 aliphatic rings. The third kappa shape index (κ3) is 22.0. The monoisotopic (exact) mass is 1370 g/mol. The first-order valence-corrected chi connectivity index (χ1v) is 39.0. The summed E-state index contributed by atoms with van der Waals surface area (Å²) in [6.07, 6.45) is 52.9. The lowest BCUT2D eigenvalue weighted by molar-refractivity contribution is 0.103. The van der Waals surface area contributed by atoms with Gasteiger partial charge in [-0.2, -0.15) is 0 Å². The van der Waals surface area contributed by atoms with E-state index in [1.807, 2.05) is 75.4 Å². The number of ketones is 1. The van der Waals surface area contributed by atoms with Gasteiger partial charge in [0.25, 0.3) is 0 Å². The van der Waals surface area contributed by atoms with Crippen molar-refractivity contribution in [2.75, 3.05) is 9.80 Å². The molecule has 0 saturated carbocycles. The van der Waals surface area contributed by atoms with Gasteiger partial charge in [0.15, 0.2) is 0 Å². The second-order valence-corrected chi connectivity index (χ2v) is 29.4. The number of Topliss-reactive ketones (excluding diaryl/α,β-unsaturated/α-hetero) is 1. The van der Waals surface area contributed by atoms with Gasteiger partial charge in [0.2, 0.25) is 5.78 Å². The molecule has 98 heavy (non-hydrogen) atoms. The first-order valence-electron chi connectivity index (χ1n) is 35.3. The Morgan fingerprint density at radius 3 is 1.15 bits per heavy atom. The van der Waals surface area contributed by atoms with Gasteiger partial charge in [-0.3, -0.25) is 14.6 Å². The summed E-state index contributed by atoms with van der Waals surface area (Å²) in [6, 6.07) is 18.7. The topological polar surface area (TPSA) is 23.6 Å². The number of hydrogen-bond acceptors (Lipinski definition) is 8. The van der Waals surface area contributed by atoms with Crippen LogP contribution in [0, 0.1) is 181 Å². The number of thiocarbonyl (C=S) groups is 1. The SMILES string of the molecule is C#CC#CC#CC#CC#CC#CC#CN1/C(=C2\C(=S)c3ccc(-c4sc5c(sc6c7sc(C)c(CCCCCCCCCCCCCCCCC)c7sc56)c4CCCCCCCCCCCCCCCCC)cc3N2C#CC#CC#CC#CC#CC#CC#C)C(=O)c2ccc(C)cc21. The van der Waals surface area contributed by atoms with Crippen LogP contribution in [-0.2, 0) is 12.8 Å². The Kier molecular flexibility index (Phi) is 32.5. The highest BCUT2D eigenvalue weighted by atomic mass is 32.1. The summed E-state index contributed by atoms with van der Waals surface area (Å²) < 4.78 is 8.63. The fourth-order valence-electron chi connectivity index (χ4n) is 12.4. The van der Waals surface area contributed by atoms with Crippen LogP contribution in [0.25, 0.3) is 38.6 Å². The van der Waals surface area contributed by atoms with Crippen molar-refractivity contribution in [1.29, 1.82) is 0 Å². The van der Waals surface area contributed by atoms with Crippen LogP contribution >= 0.6 is 57.6 Å². The summed E-state index contributed by atoms with van der Waals surface area (Å²) in [7, 11) is 0. The van der Waals surface area contributed by atoms with E-state index in [4.69, 9.17) is 25.1 Å². The first kappa shape index (κ1) is 74.7. The molecule has 0 amide bonds. The number of nitrogens with zero attached hydrogens (tertiary/aromatic N) is 2. The summed E-state index contributed by atoms with van der Waals surface area (Å²) in [5.41, 5.74) is 8.31. The molecule has 0 bridgehead atoms. The predicted molar refractivity (Wildman–Crippen MR) is 428 cm³/mol. The Labute approximate surface area is 608 Å². The van der Waals surface area contributed by atoms with E-state index < -0.39 is 0 Å². The number of rotatable bonds is 33. The number of terminal acetylenes is 2. The van der Waals surface area contributed by atoms with Crippen molar-refractivity contribution in [3.8, 4) is 177 Å². The summed E-state index contributed by atoms with van der Waals surface area (Å²) in [6.45, 7) is 8.92. The van der Waals surface area contributed by atoms with Crippen molar-refractivity contribution < 1.29 is 4.79 Å². The van der Waals surface area contributed by atoms with Crippen molar-refractivity contribution in [2.45, 2.75) is 233 Å². The molecule has 0 spiro atoms. The molecule has 0 aliphatic carbocycles. The first-order chi connectivity index (χ1) is 48.3. The Balaban J connectivity index is 1.09. The molecule has 4 aromatic heterocycles. The molecule has 8 heteroatoms. The van der Waals surface area contributed by atoms with Gasteiger partial charge in [-0.25, -0.2) is 0 Å². The van der Waals surface area contributed by atoms with Crippen LogP contribution in [0.15, 0.2) is 47.8 Å². The number of hydrogen-bond donors (Lipinski definition) is 0. The zero-order valence-electron chi connectivity index (χ0n) is 57.6. The third-order valence-corrected chi connectivity index (χ3v) is 23.5. The van der Waals surface area contributed by atoms with E-state index >= 15 is 0 Å². The molecule has 490 valence electrons. The number of aryl methyl sites for hydroxylation is 4. The van der Waals surface area contributed by atoms with Gasteiger partial charge in [-0.15, -0.1) is 58.2 Å². The number of carbonyl (C=O) groups is 1. The van der Waals surface area contributed by atoms with E-state index in [0.29, 0.717) is 21.8 Å². The van der Waals surface area contributed by atoms with Crippen LogP contribution in [0.4, 0.5) is 11.4 Å². The molecule has 8 rings (SSSR count). The zero-order valence-corrected chi connectivity index (χ0v) is 61.7. The maximum Gasteiger partial charge on any atom is 0.214 e. The fraction of sp³-hybridized carbons (Fsp3) is 0.400. The van der Waals surface area contributed by atoms with E-state index in [9.17, 15) is 4.79 Å². The molecular formula is C90H84N2OS5. The van der Waals surface area contributed by atoms with E-state index in [-0.39, 0.29) is 11.5 Å². The van der Waals surface area contributed by atoms with Gasteiger partial charge in [-0.05, 0) is 151 Å². The minimum absolute atomic E-state index is 0.247. The molecule has 0 unspecified atom stereocenters. The number of anilines is 2. The minimum atomic E-state index is -0.247. The lowest BCUT2D eigenvalue weighted by atomic mass is 10.0. The van der Waals surface area contributed by atoms with Crippen molar-refractivity contribution in [2.24, 2.45) is 0 Å². The van der Waals surface area contributed by atoms with Gasteiger partial charge in [0.1, 0.15) is 11.4 Å². The smallest absolute Gasteiger partial charge is 0.214 e. The van der Waals surface area contributed by atoms with E-state index in [1.54, 1.807) is 10.5 Å². The van der Waals surface area contributed by atoms with Gasteiger partial charge in [0.05, 0.1) is 44.4 Å².